The molecule has 2 heterocycles. The van der Waals surface area contributed by atoms with Crippen LogP contribution in [0.15, 0.2) is 9.90 Å². The summed E-state index contributed by atoms with van der Waals surface area (Å²) < 4.78 is 5.38. The Balaban J connectivity index is 1.73. The zero-order valence-corrected chi connectivity index (χ0v) is 12.5. The van der Waals surface area contributed by atoms with Crippen molar-refractivity contribution < 1.29 is 4.52 Å². The Hall–Kier alpha value is -1.27. The van der Waals surface area contributed by atoms with Crippen molar-refractivity contribution in [1.82, 2.24) is 15.1 Å². The third kappa shape index (κ3) is 2.76. The van der Waals surface area contributed by atoms with Gasteiger partial charge in [-0.25, -0.2) is 4.98 Å². The molecule has 2 atom stereocenters. The standard InChI is InChI=1S/C14H20N4OS/c1-2-9-3-4-10(7-9)13-17-14(19-18-13)11-8-20-12(16-11)5-6-15/h8-10H,2-7,15H2,1H3. The van der Waals surface area contributed by atoms with E-state index in [0.29, 0.717) is 18.4 Å². The highest BCUT2D eigenvalue weighted by Gasteiger charge is 2.28. The fourth-order valence-electron chi connectivity index (χ4n) is 2.83. The molecule has 2 unspecified atom stereocenters. The van der Waals surface area contributed by atoms with Gasteiger partial charge in [-0.2, -0.15) is 4.98 Å². The van der Waals surface area contributed by atoms with Crippen molar-refractivity contribution >= 4 is 11.3 Å². The first-order chi connectivity index (χ1) is 9.80. The Morgan fingerprint density at radius 1 is 1.40 bits per heavy atom. The minimum absolute atomic E-state index is 0.458. The van der Waals surface area contributed by atoms with E-state index in [0.717, 1.165) is 28.9 Å². The van der Waals surface area contributed by atoms with Gasteiger partial charge < -0.3 is 10.3 Å². The first kappa shape index (κ1) is 13.7. The van der Waals surface area contributed by atoms with Crippen LogP contribution in [0.4, 0.5) is 0 Å². The van der Waals surface area contributed by atoms with Gasteiger partial charge in [0.25, 0.3) is 5.89 Å². The number of hydrogen-bond acceptors (Lipinski definition) is 6. The molecule has 0 aromatic carbocycles. The van der Waals surface area contributed by atoms with Gasteiger partial charge in [0.2, 0.25) is 0 Å². The molecule has 0 bridgehead atoms. The van der Waals surface area contributed by atoms with Crippen LogP contribution in [-0.4, -0.2) is 21.7 Å². The normalized spacial score (nSPS) is 22.5. The molecule has 0 radical (unpaired) electrons. The van der Waals surface area contributed by atoms with Gasteiger partial charge in [0.05, 0.1) is 5.01 Å². The first-order valence-corrected chi connectivity index (χ1v) is 8.16. The molecule has 108 valence electrons. The molecule has 2 aromatic rings. The van der Waals surface area contributed by atoms with E-state index in [-0.39, 0.29) is 0 Å². The Kier molecular flexibility index (Phi) is 4.12. The largest absolute Gasteiger partial charge is 0.332 e. The Morgan fingerprint density at radius 2 is 2.30 bits per heavy atom. The zero-order chi connectivity index (χ0) is 13.9. The molecule has 2 N–H and O–H groups in total. The van der Waals surface area contributed by atoms with E-state index < -0.39 is 0 Å². The molecule has 20 heavy (non-hydrogen) atoms. The van der Waals surface area contributed by atoms with Crippen LogP contribution in [0.2, 0.25) is 0 Å². The first-order valence-electron chi connectivity index (χ1n) is 7.28. The van der Waals surface area contributed by atoms with Gasteiger partial charge in [-0.1, -0.05) is 18.5 Å². The molecule has 6 heteroatoms. The van der Waals surface area contributed by atoms with Crippen molar-refractivity contribution in [3.63, 3.8) is 0 Å². The van der Waals surface area contributed by atoms with Gasteiger partial charge in [-0.15, -0.1) is 11.3 Å². The van der Waals surface area contributed by atoms with E-state index in [1.165, 1.54) is 25.7 Å². The second kappa shape index (κ2) is 6.01. The summed E-state index contributed by atoms with van der Waals surface area (Å²) in [6, 6.07) is 0. The maximum atomic E-state index is 5.54. The molecule has 0 amide bonds. The molecule has 1 saturated carbocycles. The van der Waals surface area contributed by atoms with Crippen LogP contribution in [-0.2, 0) is 6.42 Å². The molecule has 2 aromatic heterocycles. The van der Waals surface area contributed by atoms with Crippen LogP contribution in [0.25, 0.3) is 11.6 Å². The fourth-order valence-corrected chi connectivity index (χ4v) is 3.62. The van der Waals surface area contributed by atoms with E-state index in [9.17, 15) is 0 Å². The third-order valence-electron chi connectivity index (χ3n) is 4.05. The van der Waals surface area contributed by atoms with Crippen molar-refractivity contribution in [2.45, 2.75) is 44.9 Å². The Bertz CT molecular complexity index is 565. The predicted octanol–water partition coefficient (Wildman–Crippen LogP) is 2.99. The summed E-state index contributed by atoms with van der Waals surface area (Å²) in [6.07, 6.45) is 5.68. The lowest BCUT2D eigenvalue weighted by Gasteiger charge is -2.04. The average molecular weight is 292 g/mol. The number of hydrogen-bond donors (Lipinski definition) is 1. The fraction of sp³-hybridized carbons (Fsp3) is 0.643. The van der Waals surface area contributed by atoms with Gasteiger partial charge in [0, 0.05) is 17.7 Å². The quantitative estimate of drug-likeness (QED) is 0.916. The summed E-state index contributed by atoms with van der Waals surface area (Å²) >= 11 is 1.60. The minimum atomic E-state index is 0.458. The van der Waals surface area contributed by atoms with Gasteiger partial charge in [-0.3, -0.25) is 0 Å². The molecular weight excluding hydrogens is 272 g/mol. The van der Waals surface area contributed by atoms with Crippen molar-refractivity contribution in [2.24, 2.45) is 11.7 Å². The SMILES string of the molecule is CCC1CCC(c2noc(-c3csc(CCN)n3)n2)C1. The van der Waals surface area contributed by atoms with Crippen LogP contribution in [0.5, 0.6) is 0 Å². The van der Waals surface area contributed by atoms with Gasteiger partial charge in [0.1, 0.15) is 5.69 Å². The summed E-state index contributed by atoms with van der Waals surface area (Å²) in [4.78, 5) is 9.02. The van der Waals surface area contributed by atoms with Crippen LogP contribution >= 0.6 is 11.3 Å². The lowest BCUT2D eigenvalue weighted by atomic mass is 10.0. The summed E-state index contributed by atoms with van der Waals surface area (Å²) in [6.45, 7) is 2.87. The third-order valence-corrected chi connectivity index (χ3v) is 4.96. The smallest absolute Gasteiger partial charge is 0.277 e. The monoisotopic (exact) mass is 292 g/mol. The highest BCUT2D eigenvalue weighted by molar-refractivity contribution is 7.09. The maximum absolute atomic E-state index is 5.54. The van der Waals surface area contributed by atoms with E-state index >= 15 is 0 Å². The van der Waals surface area contributed by atoms with E-state index in [4.69, 9.17) is 10.3 Å². The van der Waals surface area contributed by atoms with E-state index in [1.54, 1.807) is 11.3 Å². The Labute approximate surface area is 122 Å². The molecule has 0 saturated heterocycles. The molecule has 1 aliphatic carbocycles. The molecule has 0 aliphatic heterocycles. The highest BCUT2D eigenvalue weighted by atomic mass is 32.1. The summed E-state index contributed by atoms with van der Waals surface area (Å²) in [5, 5.41) is 7.14. The number of aromatic nitrogens is 3. The van der Waals surface area contributed by atoms with Crippen LogP contribution < -0.4 is 5.73 Å². The molecule has 1 aliphatic rings. The van der Waals surface area contributed by atoms with Crippen molar-refractivity contribution in [1.29, 1.82) is 0 Å². The minimum Gasteiger partial charge on any atom is -0.332 e. The predicted molar refractivity (Wildman–Crippen MR) is 78.5 cm³/mol. The summed E-state index contributed by atoms with van der Waals surface area (Å²) in [7, 11) is 0. The van der Waals surface area contributed by atoms with Crippen molar-refractivity contribution in [3.8, 4) is 11.6 Å². The van der Waals surface area contributed by atoms with E-state index in [1.807, 2.05) is 5.38 Å². The maximum Gasteiger partial charge on any atom is 0.277 e. The average Bonchev–Trinajstić information content (AvgIpc) is 3.18. The van der Waals surface area contributed by atoms with Gasteiger partial charge in [0.15, 0.2) is 5.82 Å². The van der Waals surface area contributed by atoms with E-state index in [2.05, 4.69) is 22.0 Å². The topological polar surface area (TPSA) is 77.8 Å². The van der Waals surface area contributed by atoms with Gasteiger partial charge >= 0.3 is 0 Å². The van der Waals surface area contributed by atoms with Crippen molar-refractivity contribution in [2.75, 3.05) is 6.54 Å². The van der Waals surface area contributed by atoms with Gasteiger partial charge in [-0.05, 0) is 31.7 Å². The zero-order valence-electron chi connectivity index (χ0n) is 11.7. The summed E-state index contributed by atoms with van der Waals surface area (Å²) in [5.41, 5.74) is 6.32. The highest BCUT2D eigenvalue weighted by Crippen LogP contribution is 2.38. The molecular formula is C14H20N4OS. The number of nitrogens with two attached hydrogens (primary N) is 1. The second-order valence-corrected chi connectivity index (χ2v) is 6.35. The lowest BCUT2D eigenvalue weighted by Crippen LogP contribution is -2.02. The van der Waals surface area contributed by atoms with Crippen LogP contribution in [0, 0.1) is 5.92 Å². The molecule has 1 fully saturated rings. The molecule has 5 nitrogen and oxygen atoms in total. The lowest BCUT2D eigenvalue weighted by molar-refractivity contribution is 0.413. The molecule has 0 spiro atoms. The summed E-state index contributed by atoms with van der Waals surface area (Å²) in [5.74, 6) is 2.67. The second-order valence-electron chi connectivity index (χ2n) is 5.41. The number of rotatable bonds is 5. The number of thiazole rings is 1. The number of nitrogens with zero attached hydrogens (tertiary/aromatic N) is 3. The van der Waals surface area contributed by atoms with Crippen LogP contribution in [0.3, 0.4) is 0 Å². The molecule has 3 rings (SSSR count). The van der Waals surface area contributed by atoms with Crippen molar-refractivity contribution in [3.05, 3.63) is 16.2 Å². The van der Waals surface area contributed by atoms with Crippen LogP contribution in [0.1, 0.15) is 49.4 Å². The Morgan fingerprint density at radius 3 is 3.05 bits per heavy atom.